The van der Waals surface area contributed by atoms with Crippen molar-refractivity contribution in [2.45, 2.75) is 39.9 Å². The van der Waals surface area contributed by atoms with Crippen molar-refractivity contribution in [1.82, 2.24) is 15.1 Å². The van der Waals surface area contributed by atoms with E-state index in [1.54, 1.807) is 12.1 Å². The third-order valence-corrected chi connectivity index (χ3v) is 4.14. The van der Waals surface area contributed by atoms with Gasteiger partial charge in [0.25, 0.3) is 0 Å². The second kappa shape index (κ2) is 6.99. The molecule has 0 unspecified atom stereocenters. The standard InChI is InChI=1S/C15H19BrFN3/c1-3-13-15(16)14(20(4-2)19-13)10-18-9-11-5-7-12(17)8-6-11/h5-8,18H,3-4,9-10H2,1-2H3. The highest BCUT2D eigenvalue weighted by atomic mass is 79.9. The number of nitrogens with one attached hydrogen (secondary N) is 1. The predicted molar refractivity (Wildman–Crippen MR) is 81.9 cm³/mol. The van der Waals surface area contributed by atoms with Crippen LogP contribution in [0.4, 0.5) is 4.39 Å². The number of nitrogens with zero attached hydrogens (tertiary/aromatic N) is 2. The van der Waals surface area contributed by atoms with E-state index < -0.39 is 0 Å². The molecule has 0 bridgehead atoms. The van der Waals surface area contributed by atoms with E-state index in [1.165, 1.54) is 12.1 Å². The Morgan fingerprint density at radius 1 is 1.20 bits per heavy atom. The van der Waals surface area contributed by atoms with Crippen molar-refractivity contribution in [2.75, 3.05) is 0 Å². The molecule has 1 aromatic carbocycles. The van der Waals surface area contributed by atoms with E-state index in [4.69, 9.17) is 0 Å². The molecule has 0 saturated heterocycles. The fraction of sp³-hybridized carbons (Fsp3) is 0.400. The lowest BCUT2D eigenvalue weighted by atomic mass is 10.2. The lowest BCUT2D eigenvalue weighted by Gasteiger charge is -2.07. The maximum atomic E-state index is 12.8. The van der Waals surface area contributed by atoms with Crippen LogP contribution < -0.4 is 5.32 Å². The summed E-state index contributed by atoms with van der Waals surface area (Å²) in [7, 11) is 0. The molecule has 1 heterocycles. The van der Waals surface area contributed by atoms with Crippen LogP contribution in [0.1, 0.15) is 30.8 Å². The lowest BCUT2D eigenvalue weighted by molar-refractivity contribution is 0.576. The molecule has 0 spiro atoms. The number of aryl methyl sites for hydroxylation is 2. The molecule has 0 atom stereocenters. The molecule has 5 heteroatoms. The van der Waals surface area contributed by atoms with Crippen LogP contribution in [0.15, 0.2) is 28.7 Å². The van der Waals surface area contributed by atoms with Gasteiger partial charge in [0.05, 0.1) is 15.9 Å². The molecular formula is C15H19BrFN3. The third kappa shape index (κ3) is 3.46. The summed E-state index contributed by atoms with van der Waals surface area (Å²) in [4.78, 5) is 0. The first kappa shape index (κ1) is 15.2. The molecule has 20 heavy (non-hydrogen) atoms. The Bertz CT molecular complexity index is 563. The van der Waals surface area contributed by atoms with Crippen molar-refractivity contribution in [3.63, 3.8) is 0 Å². The highest BCUT2D eigenvalue weighted by Crippen LogP contribution is 2.22. The van der Waals surface area contributed by atoms with E-state index >= 15 is 0 Å². The molecule has 1 N–H and O–H groups in total. The second-order valence-electron chi connectivity index (χ2n) is 4.61. The summed E-state index contributed by atoms with van der Waals surface area (Å²) >= 11 is 3.63. The zero-order chi connectivity index (χ0) is 14.5. The van der Waals surface area contributed by atoms with Gasteiger partial charge < -0.3 is 5.32 Å². The Kier molecular flexibility index (Phi) is 5.31. The number of halogens is 2. The van der Waals surface area contributed by atoms with Gasteiger partial charge in [-0.15, -0.1) is 0 Å². The molecule has 0 saturated carbocycles. The summed E-state index contributed by atoms with van der Waals surface area (Å²) in [5.74, 6) is -0.201. The third-order valence-electron chi connectivity index (χ3n) is 3.23. The van der Waals surface area contributed by atoms with Crippen molar-refractivity contribution in [3.05, 3.63) is 51.5 Å². The van der Waals surface area contributed by atoms with Gasteiger partial charge in [0.1, 0.15) is 5.82 Å². The number of hydrogen-bond donors (Lipinski definition) is 1. The first-order valence-electron chi connectivity index (χ1n) is 6.84. The summed E-state index contributed by atoms with van der Waals surface area (Å²) in [5.41, 5.74) is 3.32. The fourth-order valence-corrected chi connectivity index (χ4v) is 2.82. The van der Waals surface area contributed by atoms with Gasteiger partial charge in [0.15, 0.2) is 0 Å². The molecule has 0 amide bonds. The largest absolute Gasteiger partial charge is 0.307 e. The van der Waals surface area contributed by atoms with Gasteiger partial charge in [-0.2, -0.15) is 5.10 Å². The summed E-state index contributed by atoms with van der Waals surface area (Å²) in [6.07, 6.45) is 0.915. The molecule has 3 nitrogen and oxygen atoms in total. The van der Waals surface area contributed by atoms with Gasteiger partial charge >= 0.3 is 0 Å². The zero-order valence-electron chi connectivity index (χ0n) is 11.8. The van der Waals surface area contributed by atoms with Crippen LogP contribution in [0.2, 0.25) is 0 Å². The highest BCUT2D eigenvalue weighted by Gasteiger charge is 2.13. The molecule has 108 valence electrons. The minimum absolute atomic E-state index is 0.201. The topological polar surface area (TPSA) is 29.9 Å². The van der Waals surface area contributed by atoms with Crippen LogP contribution in [-0.4, -0.2) is 9.78 Å². The summed E-state index contributed by atoms with van der Waals surface area (Å²) in [5, 5.41) is 7.94. The SMILES string of the molecule is CCc1nn(CC)c(CNCc2ccc(F)cc2)c1Br. The monoisotopic (exact) mass is 339 g/mol. The minimum atomic E-state index is -0.201. The Balaban J connectivity index is 2.00. The average Bonchev–Trinajstić information content (AvgIpc) is 2.77. The Hall–Kier alpha value is -1.20. The quantitative estimate of drug-likeness (QED) is 0.870. The van der Waals surface area contributed by atoms with Crippen molar-refractivity contribution in [3.8, 4) is 0 Å². The van der Waals surface area contributed by atoms with Crippen molar-refractivity contribution >= 4 is 15.9 Å². The maximum absolute atomic E-state index is 12.8. The lowest BCUT2D eigenvalue weighted by Crippen LogP contribution is -2.16. The van der Waals surface area contributed by atoms with Crippen LogP contribution in [0.3, 0.4) is 0 Å². The Morgan fingerprint density at radius 3 is 2.50 bits per heavy atom. The number of hydrogen-bond acceptors (Lipinski definition) is 2. The minimum Gasteiger partial charge on any atom is -0.307 e. The van der Waals surface area contributed by atoms with Crippen LogP contribution in [0.25, 0.3) is 0 Å². The van der Waals surface area contributed by atoms with Gasteiger partial charge in [-0.1, -0.05) is 19.1 Å². The van der Waals surface area contributed by atoms with Gasteiger partial charge in [0, 0.05) is 19.6 Å². The Morgan fingerprint density at radius 2 is 1.90 bits per heavy atom. The van der Waals surface area contributed by atoms with Crippen molar-refractivity contribution in [2.24, 2.45) is 0 Å². The first-order chi connectivity index (χ1) is 9.65. The van der Waals surface area contributed by atoms with Gasteiger partial charge in [-0.25, -0.2) is 4.39 Å². The fourth-order valence-electron chi connectivity index (χ4n) is 2.11. The maximum Gasteiger partial charge on any atom is 0.123 e. The van der Waals surface area contributed by atoms with E-state index in [0.29, 0.717) is 6.54 Å². The summed E-state index contributed by atoms with van der Waals surface area (Å²) in [6, 6.07) is 6.56. The van der Waals surface area contributed by atoms with Crippen molar-refractivity contribution < 1.29 is 4.39 Å². The molecule has 0 aliphatic carbocycles. The molecule has 1 aromatic heterocycles. The van der Waals surface area contributed by atoms with E-state index in [-0.39, 0.29) is 5.82 Å². The summed E-state index contributed by atoms with van der Waals surface area (Å²) < 4.78 is 15.9. The van der Waals surface area contributed by atoms with E-state index in [2.05, 4.69) is 40.2 Å². The van der Waals surface area contributed by atoms with E-state index in [9.17, 15) is 4.39 Å². The number of benzene rings is 1. The normalized spacial score (nSPS) is 11.0. The van der Waals surface area contributed by atoms with Gasteiger partial charge in [-0.05, 0) is 47.0 Å². The van der Waals surface area contributed by atoms with Gasteiger partial charge in [0.2, 0.25) is 0 Å². The first-order valence-corrected chi connectivity index (χ1v) is 7.64. The molecular weight excluding hydrogens is 321 g/mol. The van der Waals surface area contributed by atoms with Crippen molar-refractivity contribution in [1.29, 1.82) is 0 Å². The molecule has 0 radical (unpaired) electrons. The predicted octanol–water partition coefficient (Wildman–Crippen LogP) is 3.66. The smallest absolute Gasteiger partial charge is 0.123 e. The highest BCUT2D eigenvalue weighted by molar-refractivity contribution is 9.10. The Labute approximate surface area is 127 Å². The average molecular weight is 340 g/mol. The molecule has 2 aromatic rings. The molecule has 0 aliphatic heterocycles. The van der Waals surface area contributed by atoms with Crippen LogP contribution in [0, 0.1) is 5.82 Å². The zero-order valence-corrected chi connectivity index (χ0v) is 13.4. The van der Waals surface area contributed by atoms with Gasteiger partial charge in [-0.3, -0.25) is 4.68 Å². The second-order valence-corrected chi connectivity index (χ2v) is 5.40. The van der Waals surface area contributed by atoms with Crippen LogP contribution >= 0.6 is 15.9 Å². The van der Waals surface area contributed by atoms with Crippen LogP contribution in [0.5, 0.6) is 0 Å². The summed E-state index contributed by atoms with van der Waals surface area (Å²) in [6.45, 7) is 6.49. The molecule has 0 aliphatic rings. The number of rotatable bonds is 6. The van der Waals surface area contributed by atoms with Crippen LogP contribution in [-0.2, 0) is 26.1 Å². The number of aromatic nitrogens is 2. The molecule has 0 fully saturated rings. The van der Waals surface area contributed by atoms with E-state index in [1.807, 2.05) is 4.68 Å². The molecule has 2 rings (SSSR count). The van der Waals surface area contributed by atoms with E-state index in [0.717, 1.165) is 40.9 Å².